The van der Waals surface area contributed by atoms with Crippen LogP contribution >= 0.6 is 0 Å². The van der Waals surface area contributed by atoms with E-state index in [0.717, 1.165) is 19.5 Å². The molecule has 2 atom stereocenters. The minimum absolute atomic E-state index is 0.260. The second-order valence-corrected chi connectivity index (χ2v) is 6.79. The highest BCUT2D eigenvalue weighted by atomic mass is 16.6. The van der Waals surface area contributed by atoms with Gasteiger partial charge in [0.25, 0.3) is 0 Å². The highest BCUT2D eigenvalue weighted by molar-refractivity contribution is 5.67. The second-order valence-electron chi connectivity index (χ2n) is 6.79. The number of hydrogen-bond acceptors (Lipinski definition) is 4. The van der Waals surface area contributed by atoms with E-state index in [2.05, 4.69) is 17.6 Å². The number of hydrogen-bond donors (Lipinski definition) is 2. The molecule has 0 saturated carbocycles. The molecule has 0 aliphatic carbocycles. The van der Waals surface area contributed by atoms with Gasteiger partial charge in [0.15, 0.2) is 0 Å². The number of ether oxygens (including phenoxy) is 1. The molecule has 1 aliphatic rings. The Morgan fingerprint density at radius 3 is 2.75 bits per heavy atom. The molecule has 1 amide bonds. The minimum atomic E-state index is -0.430. The van der Waals surface area contributed by atoms with E-state index in [1.54, 1.807) is 11.9 Å². The van der Waals surface area contributed by atoms with Gasteiger partial charge in [0.2, 0.25) is 0 Å². The Morgan fingerprint density at radius 1 is 1.50 bits per heavy atom. The quantitative estimate of drug-likeness (QED) is 0.783. The van der Waals surface area contributed by atoms with Gasteiger partial charge in [-0.1, -0.05) is 0 Å². The number of carbonyl (C=O) groups excluding carboxylic acids is 1. The Hall–Kier alpha value is -0.810. The molecule has 2 unspecified atom stereocenters. The highest BCUT2D eigenvalue weighted by Crippen LogP contribution is 2.11. The van der Waals surface area contributed by atoms with Crippen molar-refractivity contribution in [3.8, 4) is 0 Å². The van der Waals surface area contributed by atoms with Gasteiger partial charge >= 0.3 is 6.09 Å². The van der Waals surface area contributed by atoms with Gasteiger partial charge in [-0.3, -0.25) is 0 Å². The monoisotopic (exact) mass is 285 g/mol. The molecular weight excluding hydrogens is 254 g/mol. The van der Waals surface area contributed by atoms with Crippen LogP contribution in [0, 0.1) is 0 Å². The van der Waals surface area contributed by atoms with Gasteiger partial charge < -0.3 is 20.3 Å². The lowest BCUT2D eigenvalue weighted by atomic mass is 10.1. The fraction of sp³-hybridized carbons (Fsp3) is 0.933. The third-order valence-corrected chi connectivity index (χ3v) is 3.45. The lowest BCUT2D eigenvalue weighted by Gasteiger charge is -2.25. The zero-order valence-electron chi connectivity index (χ0n) is 13.7. The molecule has 0 aromatic heterocycles. The molecule has 0 aromatic rings. The summed E-state index contributed by atoms with van der Waals surface area (Å²) in [6.45, 7) is 10.5. The van der Waals surface area contributed by atoms with Crippen molar-refractivity contribution in [2.45, 2.75) is 64.6 Å². The summed E-state index contributed by atoms with van der Waals surface area (Å²) in [4.78, 5) is 13.4. The predicted octanol–water partition coefficient (Wildman–Crippen LogP) is 1.97. The van der Waals surface area contributed by atoms with Gasteiger partial charge in [0.05, 0.1) is 0 Å². The molecule has 1 rings (SSSR count). The number of nitrogens with zero attached hydrogens (tertiary/aromatic N) is 1. The van der Waals surface area contributed by atoms with Crippen molar-refractivity contribution in [3.05, 3.63) is 0 Å². The van der Waals surface area contributed by atoms with Crippen molar-refractivity contribution in [1.29, 1.82) is 0 Å². The Bertz CT molecular complexity index is 296. The number of carbonyl (C=O) groups is 1. The maximum Gasteiger partial charge on any atom is 0.410 e. The summed E-state index contributed by atoms with van der Waals surface area (Å²) in [7, 11) is 1.78. The van der Waals surface area contributed by atoms with Gasteiger partial charge in [-0.2, -0.15) is 0 Å². The largest absolute Gasteiger partial charge is 0.444 e. The molecule has 118 valence electrons. The molecule has 5 heteroatoms. The lowest BCUT2D eigenvalue weighted by Crippen LogP contribution is -2.41. The molecule has 0 radical (unpaired) electrons. The number of likely N-dealkylation sites (N-methyl/N-ethyl adjacent to an activating group) is 1. The van der Waals surface area contributed by atoms with Crippen molar-refractivity contribution < 1.29 is 9.53 Å². The molecule has 1 saturated heterocycles. The molecule has 0 bridgehead atoms. The molecule has 20 heavy (non-hydrogen) atoms. The first kappa shape index (κ1) is 17.2. The minimum Gasteiger partial charge on any atom is -0.444 e. The van der Waals surface area contributed by atoms with Crippen LogP contribution in [0.1, 0.15) is 47.0 Å². The van der Waals surface area contributed by atoms with Gasteiger partial charge in [-0.25, -0.2) is 4.79 Å². The second kappa shape index (κ2) is 7.84. The van der Waals surface area contributed by atoms with Crippen LogP contribution in [0.25, 0.3) is 0 Å². The Labute approximate surface area is 123 Å². The van der Waals surface area contributed by atoms with Crippen LogP contribution < -0.4 is 10.6 Å². The third-order valence-electron chi connectivity index (χ3n) is 3.45. The van der Waals surface area contributed by atoms with E-state index in [1.165, 1.54) is 12.8 Å². The molecule has 1 heterocycles. The summed E-state index contributed by atoms with van der Waals surface area (Å²) < 4.78 is 5.31. The summed E-state index contributed by atoms with van der Waals surface area (Å²) >= 11 is 0. The standard InChI is InChI=1S/C15H31N3O2/c1-12(11-13-7-6-8-17-13)16-9-10-18(5)14(19)20-15(2,3)4/h12-13,16-17H,6-11H2,1-5H3. The molecule has 1 aliphatic heterocycles. The summed E-state index contributed by atoms with van der Waals surface area (Å²) in [5, 5.41) is 6.97. The SMILES string of the molecule is CC(CC1CCCN1)NCCN(C)C(=O)OC(C)(C)C. The van der Waals surface area contributed by atoms with Gasteiger partial charge in [0.1, 0.15) is 5.60 Å². The van der Waals surface area contributed by atoms with Crippen molar-refractivity contribution in [3.63, 3.8) is 0 Å². The average molecular weight is 285 g/mol. The smallest absolute Gasteiger partial charge is 0.410 e. The summed E-state index contributed by atoms with van der Waals surface area (Å²) in [5.74, 6) is 0. The summed E-state index contributed by atoms with van der Waals surface area (Å²) in [5.41, 5.74) is -0.430. The summed E-state index contributed by atoms with van der Waals surface area (Å²) in [6, 6.07) is 1.12. The first-order chi connectivity index (χ1) is 9.28. The van der Waals surface area contributed by atoms with Gasteiger partial charge in [-0.15, -0.1) is 0 Å². The van der Waals surface area contributed by atoms with Crippen molar-refractivity contribution in [2.24, 2.45) is 0 Å². The van der Waals surface area contributed by atoms with Crippen molar-refractivity contribution in [2.75, 3.05) is 26.7 Å². The van der Waals surface area contributed by atoms with Crippen LogP contribution in [0.5, 0.6) is 0 Å². The zero-order valence-corrected chi connectivity index (χ0v) is 13.7. The first-order valence-corrected chi connectivity index (χ1v) is 7.69. The maximum atomic E-state index is 11.8. The van der Waals surface area contributed by atoms with Crippen LogP contribution in [0.4, 0.5) is 4.79 Å². The molecule has 5 nitrogen and oxygen atoms in total. The normalized spacial score (nSPS) is 20.8. The highest BCUT2D eigenvalue weighted by Gasteiger charge is 2.20. The first-order valence-electron chi connectivity index (χ1n) is 7.69. The maximum absolute atomic E-state index is 11.8. The molecular formula is C15H31N3O2. The zero-order chi connectivity index (χ0) is 15.2. The molecule has 1 fully saturated rings. The molecule has 0 aromatic carbocycles. The van der Waals surface area contributed by atoms with E-state index in [-0.39, 0.29) is 6.09 Å². The topological polar surface area (TPSA) is 53.6 Å². The number of rotatable bonds is 6. The van der Waals surface area contributed by atoms with Crippen LogP contribution in [0.15, 0.2) is 0 Å². The Kier molecular flexibility index (Phi) is 6.76. The fourth-order valence-corrected chi connectivity index (χ4v) is 2.38. The number of nitrogens with one attached hydrogen (secondary N) is 2. The van der Waals surface area contributed by atoms with Crippen LogP contribution in [0.2, 0.25) is 0 Å². The Balaban J connectivity index is 2.14. The van der Waals surface area contributed by atoms with E-state index < -0.39 is 5.60 Å². The predicted molar refractivity (Wildman–Crippen MR) is 82.0 cm³/mol. The van der Waals surface area contributed by atoms with E-state index in [1.807, 2.05) is 20.8 Å². The fourth-order valence-electron chi connectivity index (χ4n) is 2.38. The van der Waals surface area contributed by atoms with Crippen molar-refractivity contribution >= 4 is 6.09 Å². The van der Waals surface area contributed by atoms with E-state index in [4.69, 9.17) is 4.74 Å². The molecule has 2 N–H and O–H groups in total. The third kappa shape index (κ3) is 7.10. The average Bonchev–Trinajstić information content (AvgIpc) is 2.79. The van der Waals surface area contributed by atoms with Crippen molar-refractivity contribution in [1.82, 2.24) is 15.5 Å². The van der Waals surface area contributed by atoms with E-state index >= 15 is 0 Å². The number of amides is 1. The lowest BCUT2D eigenvalue weighted by molar-refractivity contribution is 0.0299. The summed E-state index contributed by atoms with van der Waals surface area (Å²) in [6.07, 6.45) is 3.46. The van der Waals surface area contributed by atoms with Gasteiger partial charge in [-0.05, 0) is 53.5 Å². The van der Waals surface area contributed by atoms with Crippen LogP contribution in [-0.4, -0.2) is 55.4 Å². The van der Waals surface area contributed by atoms with E-state index in [9.17, 15) is 4.79 Å². The Morgan fingerprint density at radius 2 is 2.20 bits per heavy atom. The van der Waals surface area contributed by atoms with E-state index in [0.29, 0.717) is 18.6 Å². The molecule has 0 spiro atoms. The van der Waals surface area contributed by atoms with Crippen LogP contribution in [0.3, 0.4) is 0 Å². The van der Waals surface area contributed by atoms with Gasteiger partial charge in [0, 0.05) is 32.2 Å². The van der Waals surface area contributed by atoms with Crippen LogP contribution in [-0.2, 0) is 4.74 Å².